The summed E-state index contributed by atoms with van der Waals surface area (Å²) < 4.78 is 17.3. The van der Waals surface area contributed by atoms with Crippen molar-refractivity contribution in [2.45, 2.75) is 115 Å². The molecule has 2 aliphatic rings. The lowest BCUT2D eigenvalue weighted by atomic mass is 9.87. The summed E-state index contributed by atoms with van der Waals surface area (Å²) in [6.07, 6.45) is 7.29. The summed E-state index contributed by atoms with van der Waals surface area (Å²) in [4.78, 5) is 22.6. The van der Waals surface area contributed by atoms with E-state index in [9.17, 15) is 19.8 Å². The van der Waals surface area contributed by atoms with Crippen LogP contribution in [0.3, 0.4) is 0 Å². The highest BCUT2D eigenvalue weighted by atomic mass is 16.5. The maximum absolute atomic E-state index is 12.1. The average Bonchev–Trinajstić information content (AvgIpc) is 3.17. The number of carbonyl (C=O) groups is 2. The fourth-order valence-electron chi connectivity index (χ4n) is 4.76. The highest BCUT2D eigenvalue weighted by molar-refractivity contribution is 5.82. The molecule has 7 atom stereocenters. The predicted molar refractivity (Wildman–Crippen MR) is 127 cm³/mol. The molecule has 0 bridgehead atoms. The summed E-state index contributed by atoms with van der Waals surface area (Å²) in [5, 5.41) is 29.2. The zero-order valence-corrected chi connectivity index (χ0v) is 21.0. The van der Waals surface area contributed by atoms with Crippen LogP contribution in [0.5, 0.6) is 0 Å². The van der Waals surface area contributed by atoms with Gasteiger partial charge in [0.2, 0.25) is 0 Å². The molecule has 196 valence electrons. The van der Waals surface area contributed by atoms with E-state index in [0.717, 1.165) is 50.5 Å². The average molecular weight is 485 g/mol. The van der Waals surface area contributed by atoms with Crippen LogP contribution in [0.4, 0.5) is 0 Å². The normalized spacial score (nSPS) is 28.9. The predicted octanol–water partition coefficient (Wildman–Crippen LogP) is 3.62. The van der Waals surface area contributed by atoms with Crippen LogP contribution in [0, 0.1) is 11.8 Å². The molecule has 3 N–H and O–H groups in total. The first kappa shape index (κ1) is 28.8. The van der Waals surface area contributed by atoms with Crippen LogP contribution in [0.2, 0.25) is 0 Å². The van der Waals surface area contributed by atoms with Gasteiger partial charge in [-0.15, -0.1) is 0 Å². The van der Waals surface area contributed by atoms with Crippen molar-refractivity contribution in [2.24, 2.45) is 11.8 Å². The number of unbranched alkanes of at least 4 members (excludes halogenated alkanes) is 5. The van der Waals surface area contributed by atoms with E-state index >= 15 is 0 Å². The Bertz CT molecular complexity index is 661. The summed E-state index contributed by atoms with van der Waals surface area (Å²) in [6.45, 7) is 6.52. The fraction of sp³-hybridized carbons (Fsp3) is 0.846. The van der Waals surface area contributed by atoms with Crippen LogP contribution < -0.4 is 0 Å². The van der Waals surface area contributed by atoms with Crippen molar-refractivity contribution in [3.05, 3.63) is 11.6 Å². The highest BCUT2D eigenvalue weighted by Crippen LogP contribution is 2.38. The Morgan fingerprint density at radius 2 is 1.79 bits per heavy atom. The molecule has 2 rings (SSSR count). The van der Waals surface area contributed by atoms with Crippen molar-refractivity contribution in [1.82, 2.24) is 0 Å². The third kappa shape index (κ3) is 10.0. The molecule has 0 aliphatic carbocycles. The highest BCUT2D eigenvalue weighted by Gasteiger charge is 2.46. The number of aliphatic hydroxyl groups excluding tert-OH is 2. The Kier molecular flexibility index (Phi) is 12.5. The number of ether oxygens (including phenoxy) is 3. The molecule has 0 spiro atoms. The number of aliphatic carboxylic acids is 1. The van der Waals surface area contributed by atoms with Gasteiger partial charge in [0.15, 0.2) is 0 Å². The molecule has 8 nitrogen and oxygen atoms in total. The SMILES string of the molecule is C/C(=C\C(=O)OCCCCCCCCC(=O)O)C[C@@H]1OC[C@@H]2C[C@H](C[C@H](C)[C@@H](C)O)O[C@H]2[C@H]1O. The van der Waals surface area contributed by atoms with E-state index in [0.29, 0.717) is 26.1 Å². The Morgan fingerprint density at radius 1 is 1.12 bits per heavy atom. The van der Waals surface area contributed by atoms with E-state index in [-0.39, 0.29) is 42.5 Å². The van der Waals surface area contributed by atoms with E-state index < -0.39 is 18.2 Å². The van der Waals surface area contributed by atoms with E-state index in [1.165, 1.54) is 6.08 Å². The lowest BCUT2D eigenvalue weighted by Gasteiger charge is -2.36. The van der Waals surface area contributed by atoms with Crippen molar-refractivity contribution in [3.63, 3.8) is 0 Å². The Morgan fingerprint density at radius 3 is 2.47 bits per heavy atom. The molecule has 0 saturated carbocycles. The second-order valence-corrected chi connectivity index (χ2v) is 10.2. The molecule has 0 amide bonds. The van der Waals surface area contributed by atoms with Gasteiger partial charge in [-0.25, -0.2) is 4.79 Å². The molecule has 2 fully saturated rings. The van der Waals surface area contributed by atoms with Gasteiger partial charge in [0.1, 0.15) is 6.10 Å². The number of hydrogen-bond acceptors (Lipinski definition) is 7. The zero-order chi connectivity index (χ0) is 25.1. The summed E-state index contributed by atoms with van der Waals surface area (Å²) in [6, 6.07) is 0. The number of rotatable bonds is 15. The summed E-state index contributed by atoms with van der Waals surface area (Å²) in [7, 11) is 0. The van der Waals surface area contributed by atoms with Crippen molar-refractivity contribution in [3.8, 4) is 0 Å². The molecule has 0 aromatic heterocycles. The maximum Gasteiger partial charge on any atom is 0.330 e. The molecule has 0 unspecified atom stereocenters. The topological polar surface area (TPSA) is 123 Å². The van der Waals surface area contributed by atoms with E-state index in [1.54, 1.807) is 6.92 Å². The molecule has 2 aliphatic heterocycles. The van der Waals surface area contributed by atoms with Gasteiger partial charge in [0.25, 0.3) is 0 Å². The quantitative estimate of drug-likeness (QED) is 0.183. The Labute approximate surface area is 203 Å². The van der Waals surface area contributed by atoms with Crippen LogP contribution in [0.1, 0.15) is 85.0 Å². The number of esters is 1. The summed E-state index contributed by atoms with van der Waals surface area (Å²) in [5.74, 6) is -0.836. The molecule has 8 heteroatoms. The van der Waals surface area contributed by atoms with Crippen LogP contribution in [-0.4, -0.2) is 71.0 Å². The number of carboxylic acid groups (broad SMARTS) is 1. The zero-order valence-electron chi connectivity index (χ0n) is 21.0. The van der Waals surface area contributed by atoms with E-state index in [2.05, 4.69) is 0 Å². The molecular formula is C26H44O8. The van der Waals surface area contributed by atoms with Crippen LogP contribution in [0.25, 0.3) is 0 Å². The third-order valence-electron chi connectivity index (χ3n) is 7.00. The molecule has 0 radical (unpaired) electrons. The fourth-order valence-corrected chi connectivity index (χ4v) is 4.76. The lowest BCUT2D eigenvalue weighted by molar-refractivity contribution is -0.160. The number of fused-ring (bicyclic) bond motifs is 1. The van der Waals surface area contributed by atoms with E-state index in [4.69, 9.17) is 19.3 Å². The molecule has 0 aromatic rings. The largest absolute Gasteiger partial charge is 0.481 e. The van der Waals surface area contributed by atoms with Gasteiger partial charge >= 0.3 is 11.9 Å². The maximum atomic E-state index is 12.1. The van der Waals surface area contributed by atoms with Gasteiger partial charge in [0, 0.05) is 18.4 Å². The molecule has 2 saturated heterocycles. The van der Waals surface area contributed by atoms with Crippen LogP contribution >= 0.6 is 0 Å². The van der Waals surface area contributed by atoms with Gasteiger partial charge in [-0.2, -0.15) is 0 Å². The van der Waals surface area contributed by atoms with Gasteiger partial charge in [0.05, 0.1) is 37.6 Å². The van der Waals surface area contributed by atoms with Crippen LogP contribution in [-0.2, 0) is 23.8 Å². The lowest BCUT2D eigenvalue weighted by Crippen LogP contribution is -2.48. The van der Waals surface area contributed by atoms with Crippen molar-refractivity contribution >= 4 is 11.9 Å². The van der Waals surface area contributed by atoms with E-state index in [1.807, 2.05) is 13.8 Å². The minimum absolute atomic E-state index is 0.0213. The third-order valence-corrected chi connectivity index (χ3v) is 7.00. The molecule has 0 aromatic carbocycles. The Balaban J connectivity index is 1.64. The second-order valence-electron chi connectivity index (χ2n) is 10.2. The minimum atomic E-state index is -0.750. The number of carbonyl (C=O) groups excluding carboxylic acids is 1. The van der Waals surface area contributed by atoms with Crippen molar-refractivity contribution in [1.29, 1.82) is 0 Å². The number of hydrogen-bond donors (Lipinski definition) is 3. The molecule has 34 heavy (non-hydrogen) atoms. The first-order chi connectivity index (χ1) is 16.2. The molecular weight excluding hydrogens is 440 g/mol. The van der Waals surface area contributed by atoms with Gasteiger partial charge in [-0.1, -0.05) is 38.2 Å². The molecule has 2 heterocycles. The smallest absolute Gasteiger partial charge is 0.330 e. The van der Waals surface area contributed by atoms with Crippen LogP contribution in [0.15, 0.2) is 11.6 Å². The van der Waals surface area contributed by atoms with Crippen molar-refractivity contribution < 1.29 is 39.1 Å². The second kappa shape index (κ2) is 14.8. The van der Waals surface area contributed by atoms with Gasteiger partial charge < -0.3 is 29.5 Å². The standard InChI is InChI=1S/C26H44O8/c1-17(13-24(30)32-11-9-7-5-4-6-8-10-23(28)29)12-22-25(31)26-20(16-33-22)15-21(34-26)14-18(2)19(3)27/h13,18-22,25-27,31H,4-12,14-16H2,1-3H3,(H,28,29)/b17-13+/t18-,19+,20-,21-,22-,25-,26+/m0/s1. The monoisotopic (exact) mass is 484 g/mol. The van der Waals surface area contributed by atoms with Crippen molar-refractivity contribution in [2.75, 3.05) is 13.2 Å². The summed E-state index contributed by atoms with van der Waals surface area (Å²) in [5.41, 5.74) is 0.795. The first-order valence-corrected chi connectivity index (χ1v) is 12.9. The first-order valence-electron chi connectivity index (χ1n) is 12.9. The number of carboxylic acids is 1. The Hall–Kier alpha value is -1.48. The summed E-state index contributed by atoms with van der Waals surface area (Å²) >= 11 is 0. The van der Waals surface area contributed by atoms with Gasteiger partial charge in [-0.05, 0) is 51.9 Å². The minimum Gasteiger partial charge on any atom is -0.481 e. The van der Waals surface area contributed by atoms with Gasteiger partial charge in [-0.3, -0.25) is 4.79 Å². The number of aliphatic hydroxyl groups is 2.